The van der Waals surface area contributed by atoms with E-state index in [9.17, 15) is 4.79 Å². The maximum atomic E-state index is 12.9. The summed E-state index contributed by atoms with van der Waals surface area (Å²) in [7, 11) is 4.02. The molecule has 5 rings (SSSR count). The van der Waals surface area contributed by atoms with Crippen LogP contribution in [0, 0.1) is 6.92 Å². The fourth-order valence-corrected chi connectivity index (χ4v) is 5.03. The maximum absolute atomic E-state index is 12.9. The van der Waals surface area contributed by atoms with Crippen molar-refractivity contribution in [1.29, 1.82) is 0 Å². The van der Waals surface area contributed by atoms with Gasteiger partial charge in [-0.15, -0.1) is 0 Å². The number of fused-ring (bicyclic) bond motifs is 1. The van der Waals surface area contributed by atoms with Crippen LogP contribution < -0.4 is 15.9 Å². The van der Waals surface area contributed by atoms with Crippen LogP contribution in [0.3, 0.4) is 0 Å². The number of piperazine rings is 1. The quantitative estimate of drug-likeness (QED) is 0.698. The number of nitrogens with zero attached hydrogens (tertiary/aromatic N) is 5. The number of anilines is 3. The average molecular weight is 421 g/mol. The normalized spacial score (nSPS) is 18.2. The minimum atomic E-state index is 0.0635. The highest BCUT2D eigenvalue weighted by Crippen LogP contribution is 2.32. The van der Waals surface area contributed by atoms with Gasteiger partial charge in [0.2, 0.25) is 0 Å². The van der Waals surface area contributed by atoms with E-state index < -0.39 is 0 Å². The third kappa shape index (κ3) is 3.71. The molecule has 7 heteroatoms. The molecular weight excluding hydrogens is 388 g/mol. The van der Waals surface area contributed by atoms with Gasteiger partial charge in [0, 0.05) is 56.7 Å². The molecule has 0 spiro atoms. The van der Waals surface area contributed by atoms with Crippen molar-refractivity contribution in [3.05, 3.63) is 46.5 Å². The third-order valence-corrected chi connectivity index (χ3v) is 7.01. The van der Waals surface area contributed by atoms with Gasteiger partial charge in [-0.3, -0.25) is 9.13 Å². The molecule has 1 aromatic carbocycles. The van der Waals surface area contributed by atoms with Crippen molar-refractivity contribution in [1.82, 2.24) is 19.0 Å². The summed E-state index contributed by atoms with van der Waals surface area (Å²) in [6.45, 7) is 6.46. The van der Waals surface area contributed by atoms with Crippen molar-refractivity contribution in [2.45, 2.75) is 38.6 Å². The maximum Gasteiger partial charge on any atom is 0.329 e. The van der Waals surface area contributed by atoms with E-state index in [2.05, 4.69) is 52.3 Å². The van der Waals surface area contributed by atoms with Crippen LogP contribution in [0.2, 0.25) is 0 Å². The Morgan fingerprint density at radius 2 is 1.74 bits per heavy atom. The van der Waals surface area contributed by atoms with Crippen LogP contribution in [-0.2, 0) is 7.05 Å². The molecule has 2 aliphatic rings. The van der Waals surface area contributed by atoms with Crippen molar-refractivity contribution < 1.29 is 0 Å². The monoisotopic (exact) mass is 420 g/mol. The second kappa shape index (κ2) is 8.04. The molecule has 3 aromatic rings. The molecule has 0 radical (unpaired) electrons. The van der Waals surface area contributed by atoms with Gasteiger partial charge in [0.25, 0.3) is 0 Å². The highest BCUT2D eigenvalue weighted by atomic mass is 16.1. The standard InChI is InChI=1S/C24H32N6O/c1-17-14-19(29-12-10-27(2)11-13-29)8-9-20(17)26-23-15-21-22(16-25-23)28(3)24(31)30(21)18-6-4-5-7-18/h8-9,14-16,18H,4-7,10-13H2,1-3H3,(H,25,26). The zero-order chi connectivity index (χ0) is 21.5. The number of benzene rings is 1. The second-order valence-electron chi connectivity index (χ2n) is 9.12. The lowest BCUT2D eigenvalue weighted by molar-refractivity contribution is 0.313. The SMILES string of the molecule is Cc1cc(N2CCN(C)CC2)ccc1Nc1cc2c(cn1)n(C)c(=O)n2C1CCCC1. The number of hydrogen-bond donors (Lipinski definition) is 1. The Labute approximate surface area is 183 Å². The minimum Gasteiger partial charge on any atom is -0.369 e. The van der Waals surface area contributed by atoms with Crippen LogP contribution in [0.5, 0.6) is 0 Å². The molecule has 1 saturated heterocycles. The predicted octanol–water partition coefficient (Wildman–Crippen LogP) is 3.65. The first-order chi connectivity index (χ1) is 15.0. The van der Waals surface area contributed by atoms with E-state index in [1.165, 1.54) is 24.1 Å². The Hall–Kier alpha value is -2.80. The van der Waals surface area contributed by atoms with E-state index in [0.717, 1.165) is 61.6 Å². The molecule has 0 atom stereocenters. The molecule has 0 unspecified atom stereocenters. The van der Waals surface area contributed by atoms with Gasteiger partial charge >= 0.3 is 5.69 Å². The van der Waals surface area contributed by atoms with E-state index in [1.807, 2.05) is 23.9 Å². The van der Waals surface area contributed by atoms with E-state index >= 15 is 0 Å². The number of rotatable bonds is 4. The van der Waals surface area contributed by atoms with Crippen LogP contribution in [0.4, 0.5) is 17.2 Å². The summed E-state index contributed by atoms with van der Waals surface area (Å²) >= 11 is 0. The summed E-state index contributed by atoms with van der Waals surface area (Å²) in [5, 5.41) is 3.49. The van der Waals surface area contributed by atoms with Crippen molar-refractivity contribution in [3.63, 3.8) is 0 Å². The van der Waals surface area contributed by atoms with Crippen molar-refractivity contribution in [2.24, 2.45) is 7.05 Å². The summed E-state index contributed by atoms with van der Waals surface area (Å²) in [6, 6.07) is 8.92. The van der Waals surface area contributed by atoms with Crippen LogP contribution >= 0.6 is 0 Å². The van der Waals surface area contributed by atoms with E-state index in [4.69, 9.17) is 0 Å². The summed E-state index contributed by atoms with van der Waals surface area (Å²) in [4.78, 5) is 22.3. The van der Waals surface area contributed by atoms with Crippen molar-refractivity contribution in [3.8, 4) is 0 Å². The van der Waals surface area contributed by atoms with Crippen LogP contribution in [0.1, 0.15) is 37.3 Å². The molecule has 2 fully saturated rings. The molecule has 164 valence electrons. The zero-order valence-electron chi connectivity index (χ0n) is 18.8. The van der Waals surface area contributed by atoms with Gasteiger partial charge in [-0.05, 0) is 50.6 Å². The Bertz CT molecular complexity index is 1150. The second-order valence-corrected chi connectivity index (χ2v) is 9.12. The molecule has 2 aromatic heterocycles. The number of imidazole rings is 1. The van der Waals surface area contributed by atoms with Gasteiger partial charge in [-0.1, -0.05) is 12.8 Å². The largest absolute Gasteiger partial charge is 0.369 e. The number of aromatic nitrogens is 3. The smallest absolute Gasteiger partial charge is 0.329 e. The molecule has 0 bridgehead atoms. The fourth-order valence-electron chi connectivity index (χ4n) is 5.03. The number of hydrogen-bond acceptors (Lipinski definition) is 5. The minimum absolute atomic E-state index is 0.0635. The molecule has 7 nitrogen and oxygen atoms in total. The summed E-state index contributed by atoms with van der Waals surface area (Å²) in [5.41, 5.74) is 5.45. The summed E-state index contributed by atoms with van der Waals surface area (Å²) in [6.07, 6.45) is 6.37. The van der Waals surface area contributed by atoms with E-state index in [-0.39, 0.29) is 5.69 Å². The van der Waals surface area contributed by atoms with E-state index in [0.29, 0.717) is 6.04 Å². The molecule has 1 aliphatic carbocycles. The molecule has 31 heavy (non-hydrogen) atoms. The number of likely N-dealkylation sites (N-methyl/N-ethyl adjacent to an activating group) is 1. The van der Waals surface area contributed by atoms with Gasteiger partial charge in [0.1, 0.15) is 5.82 Å². The Kier molecular flexibility index (Phi) is 5.22. The van der Waals surface area contributed by atoms with Gasteiger partial charge in [0.15, 0.2) is 0 Å². The van der Waals surface area contributed by atoms with Gasteiger partial charge in [-0.2, -0.15) is 0 Å². The first-order valence-electron chi connectivity index (χ1n) is 11.4. The first kappa shape index (κ1) is 20.1. The third-order valence-electron chi connectivity index (χ3n) is 7.01. The number of aryl methyl sites for hydroxylation is 2. The topological polar surface area (TPSA) is 58.3 Å². The van der Waals surface area contributed by atoms with Crippen LogP contribution in [0.15, 0.2) is 35.3 Å². The summed E-state index contributed by atoms with van der Waals surface area (Å²) < 4.78 is 3.71. The molecule has 1 N–H and O–H groups in total. The predicted molar refractivity (Wildman–Crippen MR) is 127 cm³/mol. The van der Waals surface area contributed by atoms with Gasteiger partial charge < -0.3 is 15.1 Å². The Morgan fingerprint density at radius 3 is 2.45 bits per heavy atom. The van der Waals surface area contributed by atoms with Gasteiger partial charge in [-0.25, -0.2) is 9.78 Å². The highest BCUT2D eigenvalue weighted by Gasteiger charge is 2.23. The van der Waals surface area contributed by atoms with Crippen molar-refractivity contribution >= 4 is 28.2 Å². The lowest BCUT2D eigenvalue weighted by Crippen LogP contribution is -2.44. The highest BCUT2D eigenvalue weighted by molar-refractivity contribution is 5.79. The first-order valence-corrected chi connectivity index (χ1v) is 11.4. The lowest BCUT2D eigenvalue weighted by atomic mass is 10.1. The molecular formula is C24H32N6O. The van der Waals surface area contributed by atoms with Crippen molar-refractivity contribution in [2.75, 3.05) is 43.4 Å². The number of pyridine rings is 1. The zero-order valence-corrected chi connectivity index (χ0v) is 18.8. The summed E-state index contributed by atoms with van der Waals surface area (Å²) in [5.74, 6) is 0.778. The Morgan fingerprint density at radius 1 is 1.00 bits per heavy atom. The Balaban J connectivity index is 1.42. The van der Waals surface area contributed by atoms with Crippen LogP contribution in [-0.4, -0.2) is 52.2 Å². The van der Waals surface area contributed by atoms with Gasteiger partial charge in [0.05, 0.1) is 17.2 Å². The van der Waals surface area contributed by atoms with E-state index in [1.54, 1.807) is 4.57 Å². The molecule has 3 heterocycles. The molecule has 1 saturated carbocycles. The lowest BCUT2D eigenvalue weighted by Gasteiger charge is -2.34. The molecule has 1 aliphatic heterocycles. The fraction of sp³-hybridized carbons (Fsp3) is 0.500. The van der Waals surface area contributed by atoms with Crippen LogP contribution in [0.25, 0.3) is 11.0 Å². The average Bonchev–Trinajstić information content (AvgIpc) is 3.37. The molecule has 0 amide bonds. The number of nitrogens with one attached hydrogen (secondary N) is 1.